The molecule has 0 bridgehead atoms. The van der Waals surface area contributed by atoms with Crippen molar-refractivity contribution >= 4 is 17.3 Å². The number of ether oxygens (including phenoxy) is 1. The molecule has 1 aromatic carbocycles. The first-order chi connectivity index (χ1) is 9.76. The molecule has 1 aliphatic rings. The molecule has 1 N–H and O–H groups in total. The van der Waals surface area contributed by atoms with Gasteiger partial charge in [0.15, 0.2) is 0 Å². The van der Waals surface area contributed by atoms with Crippen LogP contribution < -0.4 is 10.2 Å². The number of rotatable bonds is 6. The smallest absolute Gasteiger partial charge is 0.0642 e. The van der Waals surface area contributed by atoms with Gasteiger partial charge in [0.1, 0.15) is 0 Å². The molecule has 1 saturated heterocycles. The molecule has 3 nitrogen and oxygen atoms in total. The zero-order valence-electron chi connectivity index (χ0n) is 12.5. The molecule has 1 fully saturated rings. The lowest BCUT2D eigenvalue weighted by atomic mass is 10.0. The summed E-state index contributed by atoms with van der Waals surface area (Å²) in [5.74, 6) is 0. The quantitative estimate of drug-likeness (QED) is 0.870. The standard InChI is InChI=1S/C16H25ClN2O/c1-3-18-12-13-6-5-7-15(17)16(13)19-10-8-14(9-11-19)20-4-2/h5-7,14,18H,3-4,8-12H2,1-2H3. The van der Waals surface area contributed by atoms with E-state index in [9.17, 15) is 0 Å². The first-order valence-electron chi connectivity index (χ1n) is 7.60. The Morgan fingerprint density at radius 1 is 1.30 bits per heavy atom. The molecule has 0 amide bonds. The summed E-state index contributed by atoms with van der Waals surface area (Å²) in [5, 5.41) is 4.25. The summed E-state index contributed by atoms with van der Waals surface area (Å²) in [7, 11) is 0. The van der Waals surface area contributed by atoms with Crippen molar-refractivity contribution in [1.82, 2.24) is 5.32 Å². The van der Waals surface area contributed by atoms with E-state index in [-0.39, 0.29) is 0 Å². The van der Waals surface area contributed by atoms with Gasteiger partial charge in [-0.05, 0) is 37.9 Å². The third-order valence-corrected chi connectivity index (χ3v) is 4.10. The summed E-state index contributed by atoms with van der Waals surface area (Å²) < 4.78 is 5.72. The molecule has 0 spiro atoms. The number of halogens is 1. The maximum absolute atomic E-state index is 6.44. The number of piperidine rings is 1. The summed E-state index contributed by atoms with van der Waals surface area (Å²) in [6, 6.07) is 6.19. The molecule has 1 aromatic rings. The minimum Gasteiger partial charge on any atom is -0.378 e. The van der Waals surface area contributed by atoms with Crippen molar-refractivity contribution in [3.05, 3.63) is 28.8 Å². The van der Waals surface area contributed by atoms with Gasteiger partial charge in [-0.1, -0.05) is 30.7 Å². The highest BCUT2D eigenvalue weighted by atomic mass is 35.5. The molecule has 2 rings (SSSR count). The van der Waals surface area contributed by atoms with Crippen LogP contribution >= 0.6 is 11.6 Å². The lowest BCUT2D eigenvalue weighted by Gasteiger charge is -2.35. The molecule has 4 heteroatoms. The van der Waals surface area contributed by atoms with Crippen LogP contribution in [0.1, 0.15) is 32.3 Å². The number of anilines is 1. The van der Waals surface area contributed by atoms with Crippen LogP contribution in [0.15, 0.2) is 18.2 Å². The third-order valence-electron chi connectivity index (χ3n) is 3.80. The van der Waals surface area contributed by atoms with Crippen LogP contribution in [-0.2, 0) is 11.3 Å². The molecule has 1 heterocycles. The highest BCUT2D eigenvalue weighted by molar-refractivity contribution is 6.33. The minimum atomic E-state index is 0.413. The molecule has 0 atom stereocenters. The summed E-state index contributed by atoms with van der Waals surface area (Å²) in [6.07, 6.45) is 2.58. The number of para-hydroxylation sites is 1. The maximum atomic E-state index is 6.44. The Kier molecular flexibility index (Phi) is 6.14. The van der Waals surface area contributed by atoms with Crippen LogP contribution in [0.5, 0.6) is 0 Å². The average Bonchev–Trinajstić information content (AvgIpc) is 2.47. The Labute approximate surface area is 127 Å². The molecule has 1 aliphatic heterocycles. The number of nitrogens with zero attached hydrogens (tertiary/aromatic N) is 1. The van der Waals surface area contributed by atoms with Crippen molar-refractivity contribution in [2.24, 2.45) is 0 Å². The van der Waals surface area contributed by atoms with E-state index >= 15 is 0 Å². The average molecular weight is 297 g/mol. The molecule has 0 saturated carbocycles. The Bertz CT molecular complexity index is 417. The van der Waals surface area contributed by atoms with Gasteiger partial charge in [-0.25, -0.2) is 0 Å². The van der Waals surface area contributed by atoms with E-state index in [1.165, 1.54) is 11.3 Å². The van der Waals surface area contributed by atoms with Gasteiger partial charge in [-0.2, -0.15) is 0 Å². The van der Waals surface area contributed by atoms with Crippen LogP contribution in [-0.4, -0.2) is 32.3 Å². The Morgan fingerprint density at radius 2 is 2.05 bits per heavy atom. The number of benzene rings is 1. The molecule has 0 radical (unpaired) electrons. The van der Waals surface area contributed by atoms with Gasteiger partial charge in [-0.15, -0.1) is 0 Å². The fraction of sp³-hybridized carbons (Fsp3) is 0.625. The van der Waals surface area contributed by atoms with Gasteiger partial charge < -0.3 is 15.0 Å². The summed E-state index contributed by atoms with van der Waals surface area (Å²) in [4.78, 5) is 2.41. The predicted molar refractivity (Wildman–Crippen MR) is 85.7 cm³/mol. The number of hydrogen-bond donors (Lipinski definition) is 1. The lowest BCUT2D eigenvalue weighted by Crippen LogP contribution is -2.38. The van der Waals surface area contributed by atoms with E-state index < -0.39 is 0 Å². The van der Waals surface area contributed by atoms with Gasteiger partial charge in [0.25, 0.3) is 0 Å². The van der Waals surface area contributed by atoms with E-state index in [0.29, 0.717) is 6.10 Å². The van der Waals surface area contributed by atoms with Gasteiger partial charge in [0, 0.05) is 26.2 Å². The number of hydrogen-bond acceptors (Lipinski definition) is 3. The summed E-state index contributed by atoms with van der Waals surface area (Å²) in [5.41, 5.74) is 2.49. The normalized spacial score (nSPS) is 16.6. The summed E-state index contributed by atoms with van der Waals surface area (Å²) in [6.45, 7) is 8.88. The second kappa shape index (κ2) is 7.87. The zero-order chi connectivity index (χ0) is 14.4. The molecular formula is C16H25ClN2O. The maximum Gasteiger partial charge on any atom is 0.0642 e. The Balaban J connectivity index is 2.08. The second-order valence-electron chi connectivity index (χ2n) is 5.17. The second-order valence-corrected chi connectivity index (χ2v) is 5.58. The van der Waals surface area contributed by atoms with Gasteiger partial charge in [0.2, 0.25) is 0 Å². The fourth-order valence-electron chi connectivity index (χ4n) is 2.80. The molecular weight excluding hydrogens is 272 g/mol. The molecule has 0 unspecified atom stereocenters. The van der Waals surface area contributed by atoms with E-state index in [2.05, 4.69) is 30.1 Å². The van der Waals surface area contributed by atoms with Crippen molar-refractivity contribution in [1.29, 1.82) is 0 Å². The molecule has 20 heavy (non-hydrogen) atoms. The summed E-state index contributed by atoms with van der Waals surface area (Å²) >= 11 is 6.44. The minimum absolute atomic E-state index is 0.413. The van der Waals surface area contributed by atoms with Gasteiger partial charge in [-0.3, -0.25) is 0 Å². The van der Waals surface area contributed by atoms with Gasteiger partial charge >= 0.3 is 0 Å². The highest BCUT2D eigenvalue weighted by Crippen LogP contribution is 2.32. The fourth-order valence-corrected chi connectivity index (χ4v) is 3.11. The van der Waals surface area contributed by atoms with Crippen molar-refractivity contribution in [3.63, 3.8) is 0 Å². The first-order valence-corrected chi connectivity index (χ1v) is 7.98. The van der Waals surface area contributed by atoms with Crippen LogP contribution in [0.25, 0.3) is 0 Å². The van der Waals surface area contributed by atoms with Gasteiger partial charge in [0.05, 0.1) is 16.8 Å². The molecule has 112 valence electrons. The van der Waals surface area contributed by atoms with Crippen molar-refractivity contribution in [2.45, 2.75) is 39.3 Å². The van der Waals surface area contributed by atoms with Crippen LogP contribution in [0.2, 0.25) is 5.02 Å². The van der Waals surface area contributed by atoms with Crippen LogP contribution in [0.3, 0.4) is 0 Å². The van der Waals surface area contributed by atoms with Crippen molar-refractivity contribution in [2.75, 3.05) is 31.1 Å². The monoisotopic (exact) mass is 296 g/mol. The topological polar surface area (TPSA) is 24.5 Å². The first kappa shape index (κ1) is 15.6. The lowest BCUT2D eigenvalue weighted by molar-refractivity contribution is 0.0459. The third kappa shape index (κ3) is 3.87. The Hall–Kier alpha value is -0.770. The van der Waals surface area contributed by atoms with E-state index in [0.717, 1.165) is 50.7 Å². The van der Waals surface area contributed by atoms with Crippen LogP contribution in [0, 0.1) is 0 Å². The molecule has 0 aromatic heterocycles. The SMILES string of the molecule is CCNCc1cccc(Cl)c1N1CCC(OCC)CC1. The predicted octanol–water partition coefficient (Wildman–Crippen LogP) is 3.45. The Morgan fingerprint density at radius 3 is 2.70 bits per heavy atom. The van der Waals surface area contributed by atoms with E-state index in [4.69, 9.17) is 16.3 Å². The van der Waals surface area contributed by atoms with Crippen molar-refractivity contribution < 1.29 is 4.74 Å². The number of nitrogens with one attached hydrogen (secondary N) is 1. The van der Waals surface area contributed by atoms with E-state index in [1.54, 1.807) is 0 Å². The van der Waals surface area contributed by atoms with Crippen LogP contribution in [0.4, 0.5) is 5.69 Å². The van der Waals surface area contributed by atoms with Crippen molar-refractivity contribution in [3.8, 4) is 0 Å². The molecule has 0 aliphatic carbocycles. The largest absolute Gasteiger partial charge is 0.378 e. The van der Waals surface area contributed by atoms with E-state index in [1.807, 2.05) is 12.1 Å². The zero-order valence-corrected chi connectivity index (χ0v) is 13.2. The highest BCUT2D eigenvalue weighted by Gasteiger charge is 2.22.